The Morgan fingerprint density at radius 1 is 1.19 bits per heavy atom. The van der Waals surface area contributed by atoms with Crippen LogP contribution in [0.15, 0.2) is 24.8 Å². The van der Waals surface area contributed by atoms with Gasteiger partial charge in [-0.05, 0) is 19.9 Å². The predicted octanol–water partition coefficient (Wildman–Crippen LogP) is 0.618. The molecule has 2 aromatic heterocycles. The zero-order valence-corrected chi connectivity index (χ0v) is 18.5. The fourth-order valence-electron chi connectivity index (χ4n) is 4.24. The lowest BCUT2D eigenvalue weighted by atomic mass is 9.92. The van der Waals surface area contributed by atoms with Gasteiger partial charge in [0.05, 0.1) is 31.2 Å². The number of halogens is 1. The third-order valence-electron chi connectivity index (χ3n) is 5.80. The first-order valence-corrected chi connectivity index (χ1v) is 11.0. The molecule has 0 radical (unpaired) electrons. The first-order chi connectivity index (χ1) is 15.5. The second-order valence-electron chi connectivity index (χ2n) is 8.44. The van der Waals surface area contributed by atoms with E-state index in [9.17, 15) is 9.50 Å². The molecule has 11 heteroatoms. The van der Waals surface area contributed by atoms with Gasteiger partial charge in [0.15, 0.2) is 11.6 Å². The third kappa shape index (κ3) is 5.78. The van der Waals surface area contributed by atoms with Crippen LogP contribution in [-0.2, 0) is 4.74 Å². The van der Waals surface area contributed by atoms with Crippen LogP contribution in [0, 0.1) is 5.82 Å². The van der Waals surface area contributed by atoms with Gasteiger partial charge in [-0.1, -0.05) is 0 Å². The molecule has 1 unspecified atom stereocenters. The predicted molar refractivity (Wildman–Crippen MR) is 119 cm³/mol. The van der Waals surface area contributed by atoms with E-state index in [0.29, 0.717) is 58.4 Å². The molecule has 0 bridgehead atoms. The number of nitrogens with one attached hydrogen (secondary N) is 1. The summed E-state index contributed by atoms with van der Waals surface area (Å²) in [5.74, 6) is 1.01. The number of anilines is 3. The maximum absolute atomic E-state index is 14.2. The number of piperidine rings is 1. The molecule has 32 heavy (non-hydrogen) atoms. The summed E-state index contributed by atoms with van der Waals surface area (Å²) in [5, 5.41) is 14.2. The highest BCUT2D eigenvalue weighted by molar-refractivity contribution is 5.42. The van der Waals surface area contributed by atoms with Gasteiger partial charge in [0, 0.05) is 58.2 Å². The van der Waals surface area contributed by atoms with Gasteiger partial charge in [-0.3, -0.25) is 4.98 Å². The molecule has 2 fully saturated rings. The van der Waals surface area contributed by atoms with E-state index >= 15 is 0 Å². The van der Waals surface area contributed by atoms with Gasteiger partial charge in [-0.25, -0.2) is 14.4 Å². The maximum atomic E-state index is 14.2. The number of morpholine rings is 1. The van der Waals surface area contributed by atoms with E-state index in [0.717, 1.165) is 25.2 Å². The number of ether oxygens (including phenoxy) is 1. The molecule has 2 saturated heterocycles. The highest BCUT2D eigenvalue weighted by Crippen LogP contribution is 2.25. The van der Waals surface area contributed by atoms with Crippen LogP contribution in [0.5, 0.6) is 0 Å². The molecular formula is C21H31FN8O2. The largest absolute Gasteiger partial charge is 0.387 e. The quantitative estimate of drug-likeness (QED) is 0.600. The van der Waals surface area contributed by atoms with Crippen LogP contribution in [0.2, 0.25) is 0 Å². The zero-order valence-electron chi connectivity index (χ0n) is 18.5. The summed E-state index contributed by atoms with van der Waals surface area (Å²) in [6.07, 6.45) is 7.85. The average molecular weight is 447 g/mol. The molecule has 174 valence electrons. The Bertz CT molecular complexity index is 870. The van der Waals surface area contributed by atoms with Crippen LogP contribution in [0.4, 0.5) is 22.0 Å². The number of aromatic nitrogens is 4. The smallest absolute Gasteiger partial charge is 0.227 e. The van der Waals surface area contributed by atoms with Gasteiger partial charge >= 0.3 is 0 Å². The molecule has 0 saturated carbocycles. The fourth-order valence-corrected chi connectivity index (χ4v) is 4.24. The summed E-state index contributed by atoms with van der Waals surface area (Å²) in [4.78, 5) is 23.1. The zero-order chi connectivity index (χ0) is 22.4. The van der Waals surface area contributed by atoms with Crippen molar-refractivity contribution in [2.24, 2.45) is 0 Å². The second kappa shape index (κ2) is 10.3. The number of nitrogens with zero attached hydrogens (tertiary/aromatic N) is 7. The lowest BCUT2D eigenvalue weighted by Crippen LogP contribution is -2.54. The second-order valence-corrected chi connectivity index (χ2v) is 8.44. The molecule has 4 rings (SSSR count). The van der Waals surface area contributed by atoms with Crippen molar-refractivity contribution in [1.82, 2.24) is 24.8 Å². The van der Waals surface area contributed by atoms with Gasteiger partial charge in [0.1, 0.15) is 5.82 Å². The molecule has 2 aliphatic rings. The van der Waals surface area contributed by atoms with Crippen molar-refractivity contribution in [3.8, 4) is 0 Å². The lowest BCUT2D eigenvalue weighted by Gasteiger charge is -2.41. The van der Waals surface area contributed by atoms with Crippen molar-refractivity contribution in [2.75, 3.05) is 81.2 Å². The molecule has 10 nitrogen and oxygen atoms in total. The van der Waals surface area contributed by atoms with E-state index in [4.69, 9.17) is 4.74 Å². The summed E-state index contributed by atoms with van der Waals surface area (Å²) in [7, 11) is 1.95. The minimum atomic E-state index is -0.839. The number of hydrogen-bond donors (Lipinski definition) is 2. The summed E-state index contributed by atoms with van der Waals surface area (Å²) >= 11 is 0. The molecule has 4 heterocycles. The minimum absolute atomic E-state index is 0.195. The van der Waals surface area contributed by atoms with Crippen molar-refractivity contribution >= 4 is 17.6 Å². The third-order valence-corrected chi connectivity index (χ3v) is 5.80. The summed E-state index contributed by atoms with van der Waals surface area (Å²) in [6.45, 7) is 5.61. The Labute approximate surface area is 187 Å². The number of β-amino-alcohol motifs (C(OH)–C–C–N with tert-alkyl or cyclic N) is 1. The van der Waals surface area contributed by atoms with E-state index in [1.54, 1.807) is 18.6 Å². The Morgan fingerprint density at radius 3 is 2.81 bits per heavy atom. The van der Waals surface area contributed by atoms with E-state index in [1.165, 1.54) is 6.20 Å². The van der Waals surface area contributed by atoms with Gasteiger partial charge in [0.2, 0.25) is 5.95 Å². The van der Waals surface area contributed by atoms with E-state index < -0.39 is 11.4 Å². The first-order valence-electron chi connectivity index (χ1n) is 11.0. The summed E-state index contributed by atoms with van der Waals surface area (Å²) in [6, 6.07) is 0. The van der Waals surface area contributed by atoms with Crippen LogP contribution in [-0.4, -0.2) is 102 Å². The minimum Gasteiger partial charge on any atom is -0.387 e. The summed E-state index contributed by atoms with van der Waals surface area (Å²) in [5.41, 5.74) is -0.839. The Hall–Kier alpha value is -2.63. The standard InChI is InChI=1S/C21H31FN8O2/c1-28(15-21(31)3-2-7-30(16-21)18-14-23-4-5-24-18)8-6-25-19-17(22)13-26-20(27-19)29-9-11-32-12-10-29/h4-5,13-14,31H,2-3,6-12,15-16H2,1H3,(H,25,26,27). The SMILES string of the molecule is CN(CCNc1nc(N2CCOCC2)ncc1F)CC1(O)CCCN(c2cnccn2)C1. The molecule has 2 aliphatic heterocycles. The van der Waals surface area contributed by atoms with Gasteiger partial charge in [0.25, 0.3) is 0 Å². The van der Waals surface area contributed by atoms with E-state index in [1.807, 2.05) is 11.9 Å². The van der Waals surface area contributed by atoms with Gasteiger partial charge in [-0.15, -0.1) is 0 Å². The first kappa shape index (κ1) is 22.6. The molecule has 1 atom stereocenters. The van der Waals surface area contributed by atoms with Crippen LogP contribution in [0.25, 0.3) is 0 Å². The van der Waals surface area contributed by atoms with Crippen LogP contribution < -0.4 is 15.1 Å². The van der Waals surface area contributed by atoms with Crippen LogP contribution >= 0.6 is 0 Å². The Kier molecular flexibility index (Phi) is 7.28. The topological polar surface area (TPSA) is 103 Å². The van der Waals surface area contributed by atoms with E-state index in [-0.39, 0.29) is 5.82 Å². The Morgan fingerprint density at radius 2 is 2.03 bits per heavy atom. The molecule has 0 aliphatic carbocycles. The number of likely N-dealkylation sites (N-methyl/N-ethyl adjacent to an activating group) is 1. The van der Waals surface area contributed by atoms with Crippen molar-refractivity contribution in [2.45, 2.75) is 18.4 Å². The van der Waals surface area contributed by atoms with E-state index in [2.05, 4.69) is 35.1 Å². The Balaban J connectivity index is 1.28. The highest BCUT2D eigenvalue weighted by Gasteiger charge is 2.34. The lowest BCUT2D eigenvalue weighted by molar-refractivity contribution is -0.000957. The summed E-state index contributed by atoms with van der Waals surface area (Å²) < 4.78 is 19.5. The number of rotatable bonds is 8. The maximum Gasteiger partial charge on any atom is 0.227 e. The normalized spacial score (nSPS) is 21.8. The molecule has 0 spiro atoms. The van der Waals surface area contributed by atoms with Crippen molar-refractivity contribution < 1.29 is 14.2 Å². The molecule has 0 aromatic carbocycles. The van der Waals surface area contributed by atoms with Gasteiger partial charge in [-0.2, -0.15) is 4.98 Å². The number of aliphatic hydroxyl groups is 1. The molecular weight excluding hydrogens is 415 g/mol. The van der Waals surface area contributed by atoms with Crippen molar-refractivity contribution in [3.63, 3.8) is 0 Å². The molecule has 2 N–H and O–H groups in total. The van der Waals surface area contributed by atoms with Crippen molar-refractivity contribution in [1.29, 1.82) is 0 Å². The van der Waals surface area contributed by atoms with Crippen LogP contribution in [0.3, 0.4) is 0 Å². The fraction of sp³-hybridized carbons (Fsp3) is 0.619. The van der Waals surface area contributed by atoms with Crippen LogP contribution in [0.1, 0.15) is 12.8 Å². The monoisotopic (exact) mass is 446 g/mol. The van der Waals surface area contributed by atoms with Crippen molar-refractivity contribution in [3.05, 3.63) is 30.6 Å². The highest BCUT2D eigenvalue weighted by atomic mass is 19.1. The molecule has 0 amide bonds. The molecule has 2 aromatic rings. The van der Waals surface area contributed by atoms with Gasteiger partial charge < -0.3 is 29.9 Å². The number of hydrogen-bond acceptors (Lipinski definition) is 10. The average Bonchev–Trinajstić information content (AvgIpc) is 2.81.